The first-order chi connectivity index (χ1) is 14.9. The Hall–Kier alpha value is -4.36. The first kappa shape index (κ1) is 22.9. The molecule has 0 aliphatic heterocycles. The normalized spacial score (nSPS) is 9.48. The highest BCUT2D eigenvalue weighted by Gasteiger charge is 2.11. The van der Waals surface area contributed by atoms with E-state index in [1.165, 1.54) is 23.0 Å². The van der Waals surface area contributed by atoms with E-state index in [1.807, 2.05) is 36.4 Å². The fourth-order valence-electron chi connectivity index (χ4n) is 2.11. The monoisotopic (exact) mass is 424 g/mol. The Kier molecular flexibility index (Phi) is 8.58. The highest BCUT2D eigenvalue weighted by atomic mass is 16.6. The smallest absolute Gasteiger partial charge is 0.423 e. The van der Waals surface area contributed by atoms with Gasteiger partial charge in [0.1, 0.15) is 0 Å². The number of hydrogen-bond donors (Lipinski definition) is 3. The minimum Gasteiger partial charge on any atom is -0.423 e. The Labute approximate surface area is 175 Å². The average molecular weight is 424 g/mol. The van der Waals surface area contributed by atoms with E-state index in [1.54, 1.807) is 30.5 Å². The average Bonchev–Trinajstić information content (AvgIpc) is 3.49. The van der Waals surface area contributed by atoms with Gasteiger partial charge in [0.25, 0.3) is 0 Å². The summed E-state index contributed by atoms with van der Waals surface area (Å²) < 4.78 is 1.47. The van der Waals surface area contributed by atoms with E-state index in [-0.39, 0.29) is 11.6 Å². The highest BCUT2D eigenvalue weighted by molar-refractivity contribution is 6.58. The maximum absolute atomic E-state index is 10.4. The molecule has 0 atom stereocenters. The summed E-state index contributed by atoms with van der Waals surface area (Å²) in [5, 5.41) is 46.7. The molecule has 13 heteroatoms. The van der Waals surface area contributed by atoms with Crippen molar-refractivity contribution >= 4 is 24.2 Å². The summed E-state index contributed by atoms with van der Waals surface area (Å²) in [5.41, 5.74) is 1.33. The molecule has 0 aliphatic rings. The number of rotatable bonds is 4. The number of nitro groups is 2. The molecule has 2 aromatic heterocycles. The molecule has 3 N–H and O–H groups in total. The number of aromatic amines is 1. The minimum absolute atomic E-state index is 0.0787. The lowest BCUT2D eigenvalue weighted by molar-refractivity contribution is -0.389. The molecule has 0 bridgehead atoms. The van der Waals surface area contributed by atoms with E-state index in [2.05, 4.69) is 15.3 Å². The van der Waals surface area contributed by atoms with Crippen LogP contribution >= 0.6 is 0 Å². The molecule has 4 rings (SSSR count). The predicted molar refractivity (Wildman–Crippen MR) is 112 cm³/mol. The fourth-order valence-corrected chi connectivity index (χ4v) is 2.11. The molecule has 158 valence electrons. The van der Waals surface area contributed by atoms with Gasteiger partial charge in [0.15, 0.2) is 0 Å². The van der Waals surface area contributed by atoms with Crippen molar-refractivity contribution in [3.8, 4) is 5.69 Å². The summed E-state index contributed by atoms with van der Waals surface area (Å²) in [6.07, 6.45) is 2.89. The number of H-pyrrole nitrogens is 1. The SMILES string of the molecule is O=[N+]([O-])c1ccn(-c2ccccc2)n1.O=[N+]([O-])c1ccn[nH]1.OB(O)c1ccccc1. The minimum atomic E-state index is -1.34. The van der Waals surface area contributed by atoms with Crippen molar-refractivity contribution in [1.29, 1.82) is 0 Å². The van der Waals surface area contributed by atoms with E-state index in [4.69, 9.17) is 10.0 Å². The predicted octanol–water partition coefficient (Wildman–Crippen LogP) is 1.46. The van der Waals surface area contributed by atoms with E-state index in [0.717, 1.165) is 5.69 Å². The summed E-state index contributed by atoms with van der Waals surface area (Å²) in [7, 11) is -1.34. The fraction of sp³-hybridized carbons (Fsp3) is 0. The zero-order valence-electron chi connectivity index (χ0n) is 15.9. The molecule has 0 unspecified atom stereocenters. The van der Waals surface area contributed by atoms with Gasteiger partial charge in [-0.15, -0.1) is 9.78 Å². The van der Waals surface area contributed by atoms with Crippen LogP contribution in [0.2, 0.25) is 0 Å². The first-order valence-electron chi connectivity index (χ1n) is 8.69. The van der Waals surface area contributed by atoms with E-state index >= 15 is 0 Å². The zero-order valence-corrected chi connectivity index (χ0v) is 15.9. The second-order valence-corrected chi connectivity index (χ2v) is 5.69. The van der Waals surface area contributed by atoms with Crippen LogP contribution in [0.4, 0.5) is 11.6 Å². The van der Waals surface area contributed by atoms with Crippen LogP contribution in [0, 0.1) is 20.2 Å². The lowest BCUT2D eigenvalue weighted by atomic mass is 9.81. The van der Waals surface area contributed by atoms with Crippen LogP contribution in [0.5, 0.6) is 0 Å². The lowest BCUT2D eigenvalue weighted by Crippen LogP contribution is -2.29. The maximum Gasteiger partial charge on any atom is 0.488 e. The van der Waals surface area contributed by atoms with Crippen LogP contribution in [0.1, 0.15) is 0 Å². The largest absolute Gasteiger partial charge is 0.488 e. The van der Waals surface area contributed by atoms with Gasteiger partial charge in [-0.2, -0.15) is 0 Å². The van der Waals surface area contributed by atoms with Crippen LogP contribution in [-0.4, -0.2) is 47.0 Å². The topological polar surface area (TPSA) is 173 Å². The third-order valence-electron chi connectivity index (χ3n) is 3.56. The molecule has 0 saturated heterocycles. The number of hydrogen-bond acceptors (Lipinski definition) is 8. The summed E-state index contributed by atoms with van der Waals surface area (Å²) in [4.78, 5) is 19.1. The van der Waals surface area contributed by atoms with Gasteiger partial charge in [-0.05, 0) is 27.4 Å². The van der Waals surface area contributed by atoms with Gasteiger partial charge in [0.05, 0.1) is 35.3 Å². The second kappa shape index (κ2) is 11.6. The number of nitrogens with zero attached hydrogens (tertiary/aromatic N) is 5. The molecule has 2 aromatic carbocycles. The summed E-state index contributed by atoms with van der Waals surface area (Å²) in [6, 6.07) is 20.6. The molecule has 0 spiro atoms. The first-order valence-corrected chi connectivity index (χ1v) is 8.69. The molecular weight excluding hydrogens is 407 g/mol. The van der Waals surface area contributed by atoms with Crippen molar-refractivity contribution in [2.24, 2.45) is 0 Å². The zero-order chi connectivity index (χ0) is 22.6. The summed E-state index contributed by atoms with van der Waals surface area (Å²) in [5.74, 6) is -0.223. The molecule has 2 heterocycles. The molecule has 0 radical (unpaired) electrons. The van der Waals surface area contributed by atoms with Gasteiger partial charge in [0.2, 0.25) is 0 Å². The number of nitrogens with one attached hydrogen (secondary N) is 1. The summed E-state index contributed by atoms with van der Waals surface area (Å²) >= 11 is 0. The molecular formula is C18H17BN6O6. The molecule has 31 heavy (non-hydrogen) atoms. The van der Waals surface area contributed by atoms with Gasteiger partial charge in [-0.1, -0.05) is 53.6 Å². The van der Waals surface area contributed by atoms with Crippen LogP contribution in [0.25, 0.3) is 5.69 Å². The highest BCUT2D eigenvalue weighted by Crippen LogP contribution is 2.10. The van der Waals surface area contributed by atoms with Gasteiger partial charge in [-0.3, -0.25) is 0 Å². The molecule has 12 nitrogen and oxygen atoms in total. The number of benzene rings is 2. The standard InChI is InChI=1S/C9H7N3O2.C6H7BO2.C3H3N3O2/c13-12(14)9-6-7-11(10-9)8-4-2-1-3-5-8;8-7(9)6-4-2-1-3-5-6;7-6(8)3-1-2-4-5-3/h1-7H;1-5,8-9H;1-2H,(H,4,5). The number of aromatic nitrogens is 4. The molecule has 4 aromatic rings. The summed E-state index contributed by atoms with van der Waals surface area (Å²) in [6.45, 7) is 0. The van der Waals surface area contributed by atoms with Crippen LogP contribution < -0.4 is 5.46 Å². The van der Waals surface area contributed by atoms with Gasteiger partial charge in [-0.25, -0.2) is 0 Å². The third-order valence-corrected chi connectivity index (χ3v) is 3.56. The van der Waals surface area contributed by atoms with Crippen molar-refractivity contribution in [2.75, 3.05) is 0 Å². The van der Waals surface area contributed by atoms with E-state index in [0.29, 0.717) is 5.46 Å². The Morgan fingerprint density at radius 3 is 1.87 bits per heavy atom. The molecule has 0 amide bonds. The molecule has 0 aliphatic carbocycles. The van der Waals surface area contributed by atoms with Gasteiger partial charge < -0.3 is 30.3 Å². The molecule has 0 fully saturated rings. The van der Waals surface area contributed by atoms with Gasteiger partial charge >= 0.3 is 18.8 Å². The van der Waals surface area contributed by atoms with E-state index in [9.17, 15) is 20.2 Å². The van der Waals surface area contributed by atoms with Crippen molar-refractivity contribution in [3.63, 3.8) is 0 Å². The maximum atomic E-state index is 10.4. The van der Waals surface area contributed by atoms with Crippen LogP contribution in [-0.2, 0) is 0 Å². The van der Waals surface area contributed by atoms with Crippen LogP contribution in [0.15, 0.2) is 85.2 Å². The van der Waals surface area contributed by atoms with Crippen LogP contribution in [0.3, 0.4) is 0 Å². The quantitative estimate of drug-likeness (QED) is 0.251. The Bertz CT molecular complexity index is 1070. The molecule has 0 saturated carbocycles. The third kappa shape index (κ3) is 7.53. The lowest BCUT2D eigenvalue weighted by Gasteiger charge is -1.94. The second-order valence-electron chi connectivity index (χ2n) is 5.69. The van der Waals surface area contributed by atoms with Crippen molar-refractivity contribution in [2.45, 2.75) is 0 Å². The Morgan fingerprint density at radius 2 is 1.48 bits per heavy atom. The van der Waals surface area contributed by atoms with Crippen molar-refractivity contribution in [1.82, 2.24) is 20.0 Å². The number of para-hydroxylation sites is 1. The van der Waals surface area contributed by atoms with Crippen molar-refractivity contribution in [3.05, 3.63) is 105 Å². The Balaban J connectivity index is 0.000000175. The van der Waals surface area contributed by atoms with E-state index < -0.39 is 17.0 Å². The van der Waals surface area contributed by atoms with Crippen molar-refractivity contribution < 1.29 is 19.9 Å². The van der Waals surface area contributed by atoms with Gasteiger partial charge in [0, 0.05) is 0 Å². The Morgan fingerprint density at radius 1 is 0.871 bits per heavy atom.